The van der Waals surface area contributed by atoms with Crippen LogP contribution in [-0.4, -0.2) is 33.4 Å². The molecular weight excluding hydrogens is 328 g/mol. The first-order chi connectivity index (χ1) is 10.1. The summed E-state index contributed by atoms with van der Waals surface area (Å²) in [6, 6.07) is 6.56. The van der Waals surface area contributed by atoms with Gasteiger partial charge in [-0.3, -0.25) is 0 Å². The minimum Gasteiger partial charge on any atom is -0.383 e. The Labute approximate surface area is 138 Å². The van der Waals surface area contributed by atoms with E-state index in [1.807, 2.05) is 0 Å². The van der Waals surface area contributed by atoms with Gasteiger partial charge in [0.25, 0.3) is 0 Å². The van der Waals surface area contributed by atoms with Gasteiger partial charge in [0.05, 0.1) is 6.61 Å². The third-order valence-corrected chi connectivity index (χ3v) is 3.77. The maximum Gasteiger partial charge on any atom is 0.0637 e. The van der Waals surface area contributed by atoms with Crippen molar-refractivity contribution in [1.29, 1.82) is 0 Å². The number of rotatable bonds is 10. The molecule has 0 spiro atoms. The molecule has 0 aliphatic rings. The minimum atomic E-state index is 0.627. The normalized spacial score (nSPS) is 11.1. The largest absolute Gasteiger partial charge is 0.383 e. The molecule has 0 atom stereocenters. The molecule has 3 nitrogen and oxygen atoms in total. The van der Waals surface area contributed by atoms with Crippen LogP contribution in [0, 0.1) is 5.92 Å². The predicted molar refractivity (Wildman–Crippen MR) is 95.1 cm³/mol. The van der Waals surface area contributed by atoms with Gasteiger partial charge < -0.3 is 15.0 Å². The maximum absolute atomic E-state index is 5.27. The summed E-state index contributed by atoms with van der Waals surface area (Å²) in [5.41, 5.74) is 2.65. The van der Waals surface area contributed by atoms with E-state index in [9.17, 15) is 0 Å². The van der Waals surface area contributed by atoms with Crippen LogP contribution >= 0.6 is 15.9 Å². The molecule has 0 aliphatic carbocycles. The van der Waals surface area contributed by atoms with E-state index in [1.54, 1.807) is 7.11 Å². The molecule has 4 heteroatoms. The van der Waals surface area contributed by atoms with Crippen LogP contribution in [0.25, 0.3) is 0 Å². The van der Waals surface area contributed by atoms with Gasteiger partial charge >= 0.3 is 0 Å². The highest BCUT2D eigenvalue weighted by molar-refractivity contribution is 9.10. The van der Waals surface area contributed by atoms with Crippen LogP contribution in [0.5, 0.6) is 0 Å². The molecule has 0 bridgehead atoms. The lowest BCUT2D eigenvalue weighted by atomic mass is 10.1. The molecule has 1 aromatic rings. The molecule has 0 saturated heterocycles. The lowest BCUT2D eigenvalue weighted by Gasteiger charge is -2.29. The molecule has 0 amide bonds. The molecule has 0 aliphatic heterocycles. The second-order valence-electron chi connectivity index (χ2n) is 5.78. The number of halogens is 1. The smallest absolute Gasteiger partial charge is 0.0637 e. The summed E-state index contributed by atoms with van der Waals surface area (Å²) >= 11 is 3.59. The van der Waals surface area contributed by atoms with Crippen molar-refractivity contribution in [3.63, 3.8) is 0 Å². The van der Waals surface area contributed by atoms with Gasteiger partial charge in [0.2, 0.25) is 0 Å². The van der Waals surface area contributed by atoms with Gasteiger partial charge in [-0.05, 0) is 42.6 Å². The van der Waals surface area contributed by atoms with E-state index >= 15 is 0 Å². The van der Waals surface area contributed by atoms with E-state index in [2.05, 4.69) is 65.1 Å². The van der Waals surface area contributed by atoms with Crippen LogP contribution < -0.4 is 10.2 Å². The summed E-state index contributed by atoms with van der Waals surface area (Å²) in [7, 11) is 1.76. The summed E-state index contributed by atoms with van der Waals surface area (Å²) in [6.45, 7) is 11.4. The fraction of sp³-hybridized carbons (Fsp3) is 0.647. The van der Waals surface area contributed by atoms with Gasteiger partial charge in [-0.25, -0.2) is 0 Å². The second-order valence-corrected chi connectivity index (χ2v) is 6.70. The SMILES string of the molecule is CCCNCc1cc(Br)ccc1N(CCOC)CC(C)C. The van der Waals surface area contributed by atoms with Crippen molar-refractivity contribution in [1.82, 2.24) is 5.32 Å². The molecule has 120 valence electrons. The van der Waals surface area contributed by atoms with Crippen LogP contribution in [0.1, 0.15) is 32.8 Å². The van der Waals surface area contributed by atoms with E-state index in [0.717, 1.165) is 43.7 Å². The highest BCUT2D eigenvalue weighted by Gasteiger charge is 2.13. The summed E-state index contributed by atoms with van der Waals surface area (Å²) in [4.78, 5) is 2.43. The molecule has 0 heterocycles. The first kappa shape index (κ1) is 18.5. The van der Waals surface area contributed by atoms with Crippen LogP contribution in [0.4, 0.5) is 5.69 Å². The van der Waals surface area contributed by atoms with Gasteiger partial charge in [0.1, 0.15) is 0 Å². The second kappa shape index (κ2) is 10.2. The molecule has 0 radical (unpaired) electrons. The molecule has 0 aromatic heterocycles. The Hall–Kier alpha value is -0.580. The lowest BCUT2D eigenvalue weighted by Crippen LogP contribution is -2.32. The fourth-order valence-corrected chi connectivity index (χ4v) is 2.76. The van der Waals surface area contributed by atoms with Crippen LogP contribution in [0.3, 0.4) is 0 Å². The highest BCUT2D eigenvalue weighted by atomic mass is 79.9. The lowest BCUT2D eigenvalue weighted by molar-refractivity contribution is 0.204. The molecule has 0 fully saturated rings. The summed E-state index contributed by atoms with van der Waals surface area (Å²) in [6.07, 6.45) is 1.16. The van der Waals surface area contributed by atoms with Gasteiger partial charge in [-0.2, -0.15) is 0 Å². The maximum atomic E-state index is 5.27. The number of hydrogen-bond acceptors (Lipinski definition) is 3. The van der Waals surface area contributed by atoms with Crippen molar-refractivity contribution in [3.05, 3.63) is 28.2 Å². The van der Waals surface area contributed by atoms with E-state index < -0.39 is 0 Å². The van der Waals surface area contributed by atoms with Gasteiger partial charge in [0, 0.05) is 36.9 Å². The zero-order chi connectivity index (χ0) is 15.7. The number of nitrogens with one attached hydrogen (secondary N) is 1. The van der Waals surface area contributed by atoms with Crippen LogP contribution in [0.2, 0.25) is 0 Å². The average Bonchev–Trinajstić information content (AvgIpc) is 2.44. The van der Waals surface area contributed by atoms with Crippen molar-refractivity contribution < 1.29 is 4.74 Å². The molecule has 1 rings (SSSR count). The minimum absolute atomic E-state index is 0.627. The number of benzene rings is 1. The average molecular weight is 357 g/mol. The van der Waals surface area contributed by atoms with E-state index in [4.69, 9.17) is 4.74 Å². The molecular formula is C17H29BrN2O. The van der Waals surface area contributed by atoms with Gasteiger partial charge in [-0.1, -0.05) is 36.7 Å². The number of ether oxygens (including phenoxy) is 1. The zero-order valence-electron chi connectivity index (χ0n) is 13.8. The summed E-state index contributed by atoms with van der Waals surface area (Å²) < 4.78 is 6.41. The van der Waals surface area contributed by atoms with Gasteiger partial charge in [0.15, 0.2) is 0 Å². The standard InChI is InChI=1S/C17H29BrN2O/c1-5-8-19-12-15-11-16(18)6-7-17(15)20(9-10-21-4)13-14(2)3/h6-7,11,14,19H,5,8-10,12-13H2,1-4H3. The molecule has 1 aromatic carbocycles. The number of methoxy groups -OCH3 is 1. The Bertz CT molecular complexity index is 410. The van der Waals surface area contributed by atoms with Crippen molar-refractivity contribution in [2.24, 2.45) is 5.92 Å². The molecule has 1 N–H and O–H groups in total. The Kier molecular flexibility index (Phi) is 8.97. The number of nitrogens with zero attached hydrogens (tertiary/aromatic N) is 1. The van der Waals surface area contributed by atoms with E-state index in [1.165, 1.54) is 11.3 Å². The number of anilines is 1. The molecule has 0 unspecified atom stereocenters. The third kappa shape index (κ3) is 6.81. The van der Waals surface area contributed by atoms with Gasteiger partial charge in [-0.15, -0.1) is 0 Å². The number of hydrogen-bond donors (Lipinski definition) is 1. The van der Waals surface area contributed by atoms with Crippen LogP contribution in [-0.2, 0) is 11.3 Å². The quantitative estimate of drug-likeness (QED) is 0.639. The molecule has 21 heavy (non-hydrogen) atoms. The molecule has 0 saturated carbocycles. The first-order valence-electron chi connectivity index (χ1n) is 7.81. The van der Waals surface area contributed by atoms with Crippen molar-refractivity contribution in [2.45, 2.75) is 33.7 Å². The predicted octanol–water partition coefficient (Wildman–Crippen LogP) is 4.06. The summed E-state index contributed by atoms with van der Waals surface area (Å²) in [5.74, 6) is 0.627. The zero-order valence-corrected chi connectivity index (χ0v) is 15.4. The summed E-state index contributed by atoms with van der Waals surface area (Å²) in [5, 5.41) is 3.50. The van der Waals surface area contributed by atoms with Crippen LogP contribution in [0.15, 0.2) is 22.7 Å². The Morgan fingerprint density at radius 3 is 2.71 bits per heavy atom. The van der Waals surface area contributed by atoms with E-state index in [-0.39, 0.29) is 0 Å². The van der Waals surface area contributed by atoms with Crippen molar-refractivity contribution >= 4 is 21.6 Å². The van der Waals surface area contributed by atoms with E-state index in [0.29, 0.717) is 5.92 Å². The van der Waals surface area contributed by atoms with Crippen molar-refractivity contribution in [3.8, 4) is 0 Å². The Morgan fingerprint density at radius 1 is 1.33 bits per heavy atom. The topological polar surface area (TPSA) is 24.5 Å². The first-order valence-corrected chi connectivity index (χ1v) is 8.60. The third-order valence-electron chi connectivity index (χ3n) is 3.28. The highest BCUT2D eigenvalue weighted by Crippen LogP contribution is 2.25. The Morgan fingerprint density at radius 2 is 2.10 bits per heavy atom. The van der Waals surface area contributed by atoms with Crippen molar-refractivity contribution in [2.75, 3.05) is 38.3 Å². The monoisotopic (exact) mass is 356 g/mol. The fourth-order valence-electron chi connectivity index (χ4n) is 2.36. The Balaban J connectivity index is 2.92.